The Morgan fingerprint density at radius 2 is 2.00 bits per heavy atom. The molecule has 0 aliphatic rings. The summed E-state index contributed by atoms with van der Waals surface area (Å²) in [5.74, 6) is -1.02. The summed E-state index contributed by atoms with van der Waals surface area (Å²) >= 11 is 0. The lowest BCUT2D eigenvalue weighted by molar-refractivity contribution is -0.138. The highest BCUT2D eigenvalue weighted by molar-refractivity contribution is 5.74. The van der Waals surface area contributed by atoms with Crippen LogP contribution in [0, 0.1) is 6.92 Å². The van der Waals surface area contributed by atoms with Crippen LogP contribution in [0.25, 0.3) is 11.3 Å². The molecular formula is C13H14N2O2. The molecule has 0 spiro atoms. The molecule has 0 fully saturated rings. The SMILES string of the molecule is Cc1ccc(-c2cnc(C(C)C(=O)O)[nH]2)cc1. The normalized spacial score (nSPS) is 12.4. The molecule has 0 bridgehead atoms. The van der Waals surface area contributed by atoms with E-state index in [1.165, 1.54) is 5.56 Å². The number of aryl methyl sites for hydroxylation is 1. The zero-order chi connectivity index (χ0) is 12.4. The molecule has 2 rings (SSSR count). The summed E-state index contributed by atoms with van der Waals surface area (Å²) < 4.78 is 0. The number of carboxylic acids is 1. The van der Waals surface area contributed by atoms with E-state index in [9.17, 15) is 4.79 Å². The zero-order valence-electron chi connectivity index (χ0n) is 9.77. The Bertz CT molecular complexity index is 529. The number of aliphatic carboxylic acids is 1. The van der Waals surface area contributed by atoms with Crippen molar-refractivity contribution in [2.45, 2.75) is 19.8 Å². The number of aromatic amines is 1. The van der Waals surface area contributed by atoms with Gasteiger partial charge in [-0.3, -0.25) is 4.79 Å². The Balaban J connectivity index is 2.29. The third kappa shape index (κ3) is 2.36. The van der Waals surface area contributed by atoms with Gasteiger partial charge < -0.3 is 10.1 Å². The fourth-order valence-electron chi connectivity index (χ4n) is 1.55. The Morgan fingerprint density at radius 1 is 1.35 bits per heavy atom. The maximum absolute atomic E-state index is 10.8. The monoisotopic (exact) mass is 230 g/mol. The largest absolute Gasteiger partial charge is 0.481 e. The van der Waals surface area contributed by atoms with Crippen LogP contribution in [0.5, 0.6) is 0 Å². The molecule has 0 amide bonds. The van der Waals surface area contributed by atoms with Crippen LogP contribution in [0.4, 0.5) is 0 Å². The molecule has 88 valence electrons. The van der Waals surface area contributed by atoms with Crippen LogP contribution in [0.15, 0.2) is 30.5 Å². The van der Waals surface area contributed by atoms with E-state index in [1.54, 1.807) is 13.1 Å². The van der Waals surface area contributed by atoms with Gasteiger partial charge in [-0.05, 0) is 19.4 Å². The number of carboxylic acid groups (broad SMARTS) is 1. The second-order valence-corrected chi connectivity index (χ2v) is 4.11. The number of rotatable bonds is 3. The molecule has 0 radical (unpaired) electrons. The smallest absolute Gasteiger partial charge is 0.313 e. The lowest BCUT2D eigenvalue weighted by Crippen LogP contribution is -2.08. The standard InChI is InChI=1S/C13H14N2O2/c1-8-3-5-10(6-4-8)11-7-14-12(15-11)9(2)13(16)17/h3-7,9H,1-2H3,(H,14,15)(H,16,17). The van der Waals surface area contributed by atoms with Crippen LogP contribution < -0.4 is 0 Å². The predicted molar refractivity (Wildman–Crippen MR) is 64.8 cm³/mol. The van der Waals surface area contributed by atoms with Gasteiger partial charge in [-0.15, -0.1) is 0 Å². The maximum Gasteiger partial charge on any atom is 0.313 e. The predicted octanol–water partition coefficient (Wildman–Crippen LogP) is 2.57. The van der Waals surface area contributed by atoms with Crippen molar-refractivity contribution in [2.75, 3.05) is 0 Å². The second kappa shape index (κ2) is 4.41. The molecule has 0 aliphatic carbocycles. The number of imidazole rings is 1. The molecule has 1 heterocycles. The first-order chi connectivity index (χ1) is 8.08. The van der Waals surface area contributed by atoms with Crippen molar-refractivity contribution in [3.05, 3.63) is 41.9 Å². The van der Waals surface area contributed by atoms with Crippen molar-refractivity contribution in [3.8, 4) is 11.3 Å². The summed E-state index contributed by atoms with van der Waals surface area (Å²) in [5, 5.41) is 8.89. The second-order valence-electron chi connectivity index (χ2n) is 4.11. The van der Waals surface area contributed by atoms with E-state index in [-0.39, 0.29) is 0 Å². The molecule has 1 aromatic heterocycles. The molecule has 2 N–H and O–H groups in total. The van der Waals surface area contributed by atoms with Crippen LogP contribution in [0.1, 0.15) is 24.2 Å². The van der Waals surface area contributed by atoms with Gasteiger partial charge in [0.2, 0.25) is 0 Å². The average molecular weight is 230 g/mol. The van der Waals surface area contributed by atoms with Gasteiger partial charge in [0, 0.05) is 0 Å². The summed E-state index contributed by atoms with van der Waals surface area (Å²) in [7, 11) is 0. The van der Waals surface area contributed by atoms with Crippen LogP contribution in [-0.2, 0) is 4.79 Å². The van der Waals surface area contributed by atoms with Gasteiger partial charge in [0.25, 0.3) is 0 Å². The molecule has 0 saturated heterocycles. The Hall–Kier alpha value is -2.10. The van der Waals surface area contributed by atoms with Gasteiger partial charge in [-0.1, -0.05) is 29.8 Å². The Morgan fingerprint density at radius 3 is 2.59 bits per heavy atom. The number of nitrogens with zero attached hydrogens (tertiary/aromatic N) is 1. The number of aromatic nitrogens is 2. The molecular weight excluding hydrogens is 216 g/mol. The molecule has 17 heavy (non-hydrogen) atoms. The number of nitrogens with one attached hydrogen (secondary N) is 1. The van der Waals surface area contributed by atoms with Crippen molar-refractivity contribution in [2.24, 2.45) is 0 Å². The number of carbonyl (C=O) groups is 1. The van der Waals surface area contributed by atoms with E-state index in [2.05, 4.69) is 9.97 Å². The maximum atomic E-state index is 10.8. The summed E-state index contributed by atoms with van der Waals surface area (Å²) in [6.45, 7) is 3.63. The zero-order valence-corrected chi connectivity index (χ0v) is 9.77. The quantitative estimate of drug-likeness (QED) is 0.851. The molecule has 1 aromatic carbocycles. The van der Waals surface area contributed by atoms with Crippen molar-refractivity contribution in [1.82, 2.24) is 9.97 Å². The number of hydrogen-bond donors (Lipinski definition) is 2. The summed E-state index contributed by atoms with van der Waals surface area (Å²) in [6, 6.07) is 7.99. The third-order valence-corrected chi connectivity index (χ3v) is 2.74. The van der Waals surface area contributed by atoms with Gasteiger partial charge in [0.15, 0.2) is 0 Å². The van der Waals surface area contributed by atoms with Gasteiger partial charge in [-0.2, -0.15) is 0 Å². The van der Waals surface area contributed by atoms with Gasteiger partial charge in [0.05, 0.1) is 11.9 Å². The molecule has 4 nitrogen and oxygen atoms in total. The minimum atomic E-state index is -0.880. The van der Waals surface area contributed by atoms with Crippen LogP contribution in [0.2, 0.25) is 0 Å². The van der Waals surface area contributed by atoms with E-state index in [0.29, 0.717) is 5.82 Å². The van der Waals surface area contributed by atoms with Crippen LogP contribution in [0.3, 0.4) is 0 Å². The summed E-state index contributed by atoms with van der Waals surface area (Å²) in [6.07, 6.45) is 1.67. The molecule has 2 aromatic rings. The highest BCUT2D eigenvalue weighted by Gasteiger charge is 2.17. The van der Waals surface area contributed by atoms with Crippen molar-refractivity contribution < 1.29 is 9.90 Å². The van der Waals surface area contributed by atoms with E-state index < -0.39 is 11.9 Å². The minimum absolute atomic E-state index is 0.480. The van der Waals surface area contributed by atoms with E-state index in [1.807, 2.05) is 31.2 Å². The first-order valence-electron chi connectivity index (χ1n) is 5.42. The van der Waals surface area contributed by atoms with Crippen LogP contribution >= 0.6 is 0 Å². The van der Waals surface area contributed by atoms with E-state index in [0.717, 1.165) is 11.3 Å². The lowest BCUT2D eigenvalue weighted by Gasteiger charge is -2.01. The fourth-order valence-corrected chi connectivity index (χ4v) is 1.55. The molecule has 4 heteroatoms. The van der Waals surface area contributed by atoms with E-state index >= 15 is 0 Å². The van der Waals surface area contributed by atoms with Crippen molar-refractivity contribution in [3.63, 3.8) is 0 Å². The van der Waals surface area contributed by atoms with Crippen molar-refractivity contribution in [1.29, 1.82) is 0 Å². The number of H-pyrrole nitrogens is 1. The Kier molecular flexibility index (Phi) is 2.95. The lowest BCUT2D eigenvalue weighted by atomic mass is 10.1. The number of hydrogen-bond acceptors (Lipinski definition) is 2. The molecule has 1 atom stereocenters. The first kappa shape index (κ1) is 11.4. The summed E-state index contributed by atoms with van der Waals surface area (Å²) in [5.41, 5.74) is 3.03. The highest BCUT2D eigenvalue weighted by Crippen LogP contribution is 2.20. The van der Waals surface area contributed by atoms with Crippen molar-refractivity contribution >= 4 is 5.97 Å². The summed E-state index contributed by atoms with van der Waals surface area (Å²) in [4.78, 5) is 18.0. The Labute approximate surface area is 99.3 Å². The minimum Gasteiger partial charge on any atom is -0.481 e. The van der Waals surface area contributed by atoms with E-state index in [4.69, 9.17) is 5.11 Å². The molecule has 1 unspecified atom stereocenters. The van der Waals surface area contributed by atoms with Gasteiger partial charge in [0.1, 0.15) is 11.7 Å². The molecule has 0 saturated carbocycles. The first-order valence-corrected chi connectivity index (χ1v) is 5.42. The third-order valence-electron chi connectivity index (χ3n) is 2.74. The van der Waals surface area contributed by atoms with Gasteiger partial charge in [-0.25, -0.2) is 4.98 Å². The highest BCUT2D eigenvalue weighted by atomic mass is 16.4. The number of benzene rings is 1. The van der Waals surface area contributed by atoms with Gasteiger partial charge >= 0.3 is 5.97 Å². The molecule has 0 aliphatic heterocycles. The van der Waals surface area contributed by atoms with Crippen LogP contribution in [-0.4, -0.2) is 21.0 Å². The topological polar surface area (TPSA) is 66.0 Å². The average Bonchev–Trinajstić information content (AvgIpc) is 2.78. The fraction of sp³-hybridized carbons (Fsp3) is 0.231.